The van der Waals surface area contributed by atoms with Gasteiger partial charge in [-0.1, -0.05) is 36.4 Å². The number of aryl methyl sites for hydroxylation is 1. The molecule has 0 aliphatic carbocycles. The van der Waals surface area contributed by atoms with E-state index in [2.05, 4.69) is 17.2 Å². The fourth-order valence-electron chi connectivity index (χ4n) is 2.48. The predicted molar refractivity (Wildman–Crippen MR) is 106 cm³/mol. The van der Waals surface area contributed by atoms with E-state index < -0.39 is 0 Å². The van der Waals surface area contributed by atoms with Gasteiger partial charge in [0.15, 0.2) is 5.78 Å². The minimum absolute atomic E-state index is 0.0687. The Bertz CT molecular complexity index is 917. The van der Waals surface area contributed by atoms with Crippen LogP contribution < -0.4 is 4.74 Å². The molecule has 4 nitrogen and oxygen atoms in total. The van der Waals surface area contributed by atoms with Crippen LogP contribution in [0.4, 0.5) is 0 Å². The van der Waals surface area contributed by atoms with Crippen molar-refractivity contribution < 1.29 is 9.53 Å². The van der Waals surface area contributed by atoms with Gasteiger partial charge in [-0.05, 0) is 29.8 Å². The highest BCUT2D eigenvalue weighted by molar-refractivity contribution is 7.98. The second-order valence-electron chi connectivity index (χ2n) is 5.77. The van der Waals surface area contributed by atoms with Gasteiger partial charge in [0.25, 0.3) is 0 Å². The van der Waals surface area contributed by atoms with Crippen molar-refractivity contribution in [2.45, 2.75) is 10.6 Å². The molecule has 0 saturated carbocycles. The third kappa shape index (κ3) is 4.64. The summed E-state index contributed by atoms with van der Waals surface area (Å²) in [6.07, 6.45) is 6.63. The van der Waals surface area contributed by atoms with Crippen molar-refractivity contribution in [2.24, 2.45) is 7.05 Å². The third-order valence-corrected chi connectivity index (χ3v) is 4.93. The molecule has 3 aromatic rings. The van der Waals surface area contributed by atoms with E-state index in [1.807, 2.05) is 36.4 Å². The maximum Gasteiger partial charge on any atom is 0.189 e. The lowest BCUT2D eigenvalue weighted by atomic mass is 10.1. The molecular formula is C21H20N2O2S. The molecule has 0 fully saturated rings. The van der Waals surface area contributed by atoms with Crippen LogP contribution >= 0.6 is 11.8 Å². The van der Waals surface area contributed by atoms with Gasteiger partial charge in [0.1, 0.15) is 5.75 Å². The molecule has 1 heterocycles. The fraction of sp³-hybridized carbons (Fsp3) is 0.143. The number of carbonyl (C=O) groups excluding carboxylic acids is 1. The molecule has 0 aliphatic rings. The molecule has 132 valence electrons. The number of hydrogen-bond acceptors (Lipinski definition) is 4. The Labute approximate surface area is 157 Å². The van der Waals surface area contributed by atoms with Crippen molar-refractivity contribution in [3.8, 4) is 5.75 Å². The number of benzene rings is 2. The van der Waals surface area contributed by atoms with Crippen LogP contribution in [0.2, 0.25) is 0 Å². The second-order valence-corrected chi connectivity index (χ2v) is 6.82. The molecule has 0 radical (unpaired) electrons. The summed E-state index contributed by atoms with van der Waals surface area (Å²) in [5, 5.41) is 4.02. The van der Waals surface area contributed by atoms with Gasteiger partial charge < -0.3 is 4.74 Å². The Hall–Kier alpha value is -2.79. The van der Waals surface area contributed by atoms with Crippen molar-refractivity contribution in [3.05, 3.63) is 83.7 Å². The Morgan fingerprint density at radius 3 is 2.73 bits per heavy atom. The molecule has 3 rings (SSSR count). The molecule has 0 bridgehead atoms. The van der Waals surface area contributed by atoms with E-state index in [-0.39, 0.29) is 5.78 Å². The highest BCUT2D eigenvalue weighted by atomic mass is 32.2. The fourth-order valence-corrected chi connectivity index (χ4v) is 3.39. The van der Waals surface area contributed by atoms with Crippen LogP contribution in [0.1, 0.15) is 21.5 Å². The lowest BCUT2D eigenvalue weighted by Crippen LogP contribution is -1.93. The van der Waals surface area contributed by atoms with E-state index in [1.54, 1.807) is 55.1 Å². The van der Waals surface area contributed by atoms with Crippen LogP contribution in [0.25, 0.3) is 6.08 Å². The Morgan fingerprint density at radius 2 is 2.04 bits per heavy atom. The average Bonchev–Trinajstić information content (AvgIpc) is 3.12. The number of thioether (sulfide) groups is 1. The van der Waals surface area contributed by atoms with Gasteiger partial charge in [-0.15, -0.1) is 11.8 Å². The zero-order valence-electron chi connectivity index (χ0n) is 14.8. The number of aromatic nitrogens is 2. The molecule has 0 unspecified atom stereocenters. The van der Waals surface area contributed by atoms with Crippen LogP contribution in [-0.4, -0.2) is 22.7 Å². The van der Waals surface area contributed by atoms with Crippen molar-refractivity contribution in [3.63, 3.8) is 0 Å². The highest BCUT2D eigenvalue weighted by Crippen LogP contribution is 2.29. The first-order valence-corrected chi connectivity index (χ1v) is 9.20. The smallest absolute Gasteiger partial charge is 0.189 e. The zero-order valence-corrected chi connectivity index (χ0v) is 15.6. The number of hydrogen-bond donors (Lipinski definition) is 0. The average molecular weight is 364 g/mol. The maximum absolute atomic E-state index is 12.1. The van der Waals surface area contributed by atoms with Gasteiger partial charge in [-0.25, -0.2) is 0 Å². The molecule has 0 amide bonds. The molecule has 26 heavy (non-hydrogen) atoms. The molecule has 0 spiro atoms. The Balaban J connectivity index is 1.69. The number of carbonyl (C=O) groups is 1. The lowest BCUT2D eigenvalue weighted by molar-refractivity contribution is 0.104. The largest absolute Gasteiger partial charge is 0.496 e. The molecular weight excluding hydrogens is 344 g/mol. The maximum atomic E-state index is 12.1. The normalized spacial score (nSPS) is 11.0. The van der Waals surface area contributed by atoms with Crippen LogP contribution in [0, 0.1) is 0 Å². The van der Waals surface area contributed by atoms with Crippen LogP contribution in [-0.2, 0) is 12.8 Å². The SMILES string of the molecule is COc1cc(/C=C/C(=O)c2cnn(C)c2)ccc1CSc1ccccc1. The van der Waals surface area contributed by atoms with Crippen molar-refractivity contribution in [2.75, 3.05) is 7.11 Å². The van der Waals surface area contributed by atoms with E-state index >= 15 is 0 Å². The number of ketones is 1. The summed E-state index contributed by atoms with van der Waals surface area (Å²) in [4.78, 5) is 13.4. The molecule has 1 aromatic heterocycles. The number of nitrogens with zero attached hydrogens (tertiary/aromatic N) is 2. The first-order chi connectivity index (χ1) is 12.7. The summed E-state index contributed by atoms with van der Waals surface area (Å²) in [5.74, 6) is 1.58. The van der Waals surface area contributed by atoms with Crippen LogP contribution in [0.5, 0.6) is 5.75 Å². The first-order valence-electron chi connectivity index (χ1n) is 8.21. The molecule has 0 atom stereocenters. The summed E-state index contributed by atoms with van der Waals surface area (Å²) in [5.41, 5.74) is 2.62. The van der Waals surface area contributed by atoms with Crippen molar-refractivity contribution in [1.82, 2.24) is 9.78 Å². The van der Waals surface area contributed by atoms with Gasteiger partial charge in [-0.2, -0.15) is 5.10 Å². The summed E-state index contributed by atoms with van der Waals surface area (Å²) in [6, 6.07) is 16.3. The minimum Gasteiger partial charge on any atom is -0.496 e. The lowest BCUT2D eigenvalue weighted by Gasteiger charge is -2.09. The number of methoxy groups -OCH3 is 1. The molecule has 0 N–H and O–H groups in total. The van der Waals surface area contributed by atoms with Crippen LogP contribution in [0.3, 0.4) is 0 Å². The van der Waals surface area contributed by atoms with Gasteiger partial charge in [-0.3, -0.25) is 9.48 Å². The standard InChI is InChI=1S/C21H20N2O2S/c1-23-14-18(13-22-23)20(24)11-9-16-8-10-17(21(12-16)25-2)15-26-19-6-4-3-5-7-19/h3-14H,15H2,1-2H3/b11-9+. The molecule has 0 saturated heterocycles. The molecule has 0 aliphatic heterocycles. The molecule has 2 aromatic carbocycles. The van der Waals surface area contributed by atoms with Crippen molar-refractivity contribution >= 4 is 23.6 Å². The summed E-state index contributed by atoms with van der Waals surface area (Å²) >= 11 is 1.77. The van der Waals surface area contributed by atoms with Gasteiger partial charge >= 0.3 is 0 Å². The topological polar surface area (TPSA) is 44.1 Å². The Morgan fingerprint density at radius 1 is 1.23 bits per heavy atom. The number of rotatable bonds is 7. The van der Waals surface area contributed by atoms with E-state index in [1.165, 1.54) is 4.90 Å². The van der Waals surface area contributed by atoms with E-state index in [0.29, 0.717) is 5.56 Å². The third-order valence-electron chi connectivity index (χ3n) is 3.87. The van der Waals surface area contributed by atoms with Gasteiger partial charge in [0.2, 0.25) is 0 Å². The second kappa shape index (κ2) is 8.54. The highest BCUT2D eigenvalue weighted by Gasteiger charge is 2.06. The van der Waals surface area contributed by atoms with E-state index in [4.69, 9.17) is 4.74 Å². The Kier molecular flexibility index (Phi) is 5.92. The van der Waals surface area contributed by atoms with Gasteiger partial charge in [0.05, 0.1) is 18.9 Å². The van der Waals surface area contributed by atoms with E-state index in [0.717, 1.165) is 22.6 Å². The number of allylic oxidation sites excluding steroid dienone is 1. The minimum atomic E-state index is -0.0687. The molecule has 5 heteroatoms. The quantitative estimate of drug-likeness (QED) is 0.349. The van der Waals surface area contributed by atoms with Gasteiger partial charge in [0, 0.05) is 29.5 Å². The first kappa shape index (κ1) is 18.0. The number of ether oxygens (including phenoxy) is 1. The monoisotopic (exact) mass is 364 g/mol. The summed E-state index contributed by atoms with van der Waals surface area (Å²) < 4.78 is 7.14. The summed E-state index contributed by atoms with van der Waals surface area (Å²) in [7, 11) is 3.46. The zero-order chi connectivity index (χ0) is 18.4. The van der Waals surface area contributed by atoms with Crippen LogP contribution in [0.15, 0.2) is 71.9 Å². The van der Waals surface area contributed by atoms with Crippen molar-refractivity contribution in [1.29, 1.82) is 0 Å². The predicted octanol–water partition coefficient (Wildman–Crippen LogP) is 4.62. The summed E-state index contributed by atoms with van der Waals surface area (Å²) in [6.45, 7) is 0. The van der Waals surface area contributed by atoms with E-state index in [9.17, 15) is 4.79 Å².